The van der Waals surface area contributed by atoms with Crippen LogP contribution in [-0.4, -0.2) is 16.7 Å². The summed E-state index contributed by atoms with van der Waals surface area (Å²) in [5, 5.41) is 21.4. The minimum absolute atomic E-state index is 0.136. The Morgan fingerprint density at radius 3 is 2.61 bits per heavy atom. The zero-order valence-corrected chi connectivity index (χ0v) is 10.9. The predicted molar refractivity (Wildman–Crippen MR) is 72.2 cm³/mol. The molecule has 1 aromatic heterocycles. The molecule has 0 atom stereocenters. The van der Waals surface area contributed by atoms with Crippen LogP contribution in [0.5, 0.6) is 0 Å². The van der Waals surface area contributed by atoms with Gasteiger partial charge in [0.2, 0.25) is 0 Å². The fourth-order valence-corrected chi connectivity index (χ4v) is 1.66. The summed E-state index contributed by atoms with van der Waals surface area (Å²) in [4.78, 5) is 0. The summed E-state index contributed by atoms with van der Waals surface area (Å²) in [5.41, 5.74) is 2.06. The van der Waals surface area contributed by atoms with Gasteiger partial charge in [0.05, 0.1) is 11.2 Å². The second-order valence-electron chi connectivity index (χ2n) is 5.47. The van der Waals surface area contributed by atoms with Crippen molar-refractivity contribution in [2.24, 2.45) is 5.41 Å². The van der Waals surface area contributed by atoms with Gasteiger partial charge in [-0.25, -0.2) is 0 Å². The highest BCUT2D eigenvalue weighted by molar-refractivity contribution is 5.92. The van der Waals surface area contributed by atoms with E-state index >= 15 is 0 Å². The average Bonchev–Trinajstić information content (AvgIpc) is 2.34. The molecule has 0 saturated heterocycles. The van der Waals surface area contributed by atoms with Crippen LogP contribution in [0.15, 0.2) is 24.3 Å². The molecule has 0 spiro atoms. The first-order chi connectivity index (χ1) is 8.51. The van der Waals surface area contributed by atoms with Crippen LogP contribution in [0.1, 0.15) is 26.5 Å². The van der Waals surface area contributed by atoms with E-state index in [1.807, 2.05) is 24.3 Å². The van der Waals surface area contributed by atoms with E-state index in [0.717, 1.165) is 23.1 Å². The van der Waals surface area contributed by atoms with Crippen LogP contribution in [0.2, 0.25) is 0 Å². The van der Waals surface area contributed by atoms with Gasteiger partial charge in [-0.1, -0.05) is 39.0 Å². The molecule has 1 aromatic carbocycles. The number of hydrogen-bond acceptors (Lipinski definition) is 4. The zero-order chi connectivity index (χ0) is 13.2. The van der Waals surface area contributed by atoms with Crippen molar-refractivity contribution in [1.29, 1.82) is 5.26 Å². The van der Waals surface area contributed by atoms with Crippen LogP contribution in [0.25, 0.3) is 10.9 Å². The number of fused-ring (bicyclic) bond motifs is 1. The molecule has 0 bridgehead atoms. The van der Waals surface area contributed by atoms with E-state index in [9.17, 15) is 0 Å². The van der Waals surface area contributed by atoms with Gasteiger partial charge >= 0.3 is 0 Å². The van der Waals surface area contributed by atoms with Gasteiger partial charge in [-0.15, -0.1) is 10.2 Å². The molecule has 4 heteroatoms. The Balaban J connectivity index is 2.49. The fourth-order valence-electron chi connectivity index (χ4n) is 1.66. The van der Waals surface area contributed by atoms with Crippen molar-refractivity contribution in [2.75, 3.05) is 11.9 Å². The molecule has 1 N–H and O–H groups in total. The summed E-state index contributed by atoms with van der Waals surface area (Å²) in [5.74, 6) is 0. The van der Waals surface area contributed by atoms with E-state index in [-0.39, 0.29) is 5.41 Å². The molecule has 0 aliphatic rings. The number of hydrogen-bond donors (Lipinski definition) is 1. The number of nitrogens with zero attached hydrogens (tertiary/aromatic N) is 3. The molecule has 0 fully saturated rings. The lowest BCUT2D eigenvalue weighted by Gasteiger charge is -2.20. The number of nitrogens with one attached hydrogen (secondary N) is 1. The van der Waals surface area contributed by atoms with Crippen molar-refractivity contribution in [3.63, 3.8) is 0 Å². The standard InChI is InChI=1S/C14H16N4/c1-14(2,3)9-16-13-10-6-4-5-7-11(10)17-18-12(13)8-15/h4-7H,9H2,1-3H3,(H,16,17). The molecule has 0 amide bonds. The van der Waals surface area contributed by atoms with Gasteiger partial charge in [-0.3, -0.25) is 0 Å². The molecule has 2 aromatic rings. The van der Waals surface area contributed by atoms with Gasteiger partial charge in [-0.05, 0) is 11.5 Å². The smallest absolute Gasteiger partial charge is 0.186 e. The summed E-state index contributed by atoms with van der Waals surface area (Å²) < 4.78 is 0. The van der Waals surface area contributed by atoms with Crippen LogP contribution >= 0.6 is 0 Å². The summed E-state index contributed by atoms with van der Waals surface area (Å²) >= 11 is 0. The third-order valence-electron chi connectivity index (χ3n) is 2.57. The average molecular weight is 240 g/mol. The van der Waals surface area contributed by atoms with Gasteiger partial charge < -0.3 is 5.32 Å². The summed E-state index contributed by atoms with van der Waals surface area (Å²) in [6, 6.07) is 9.79. The number of nitriles is 1. The van der Waals surface area contributed by atoms with E-state index in [2.05, 4.69) is 42.4 Å². The van der Waals surface area contributed by atoms with E-state index in [1.165, 1.54) is 0 Å². The van der Waals surface area contributed by atoms with Crippen molar-refractivity contribution in [2.45, 2.75) is 20.8 Å². The highest BCUT2D eigenvalue weighted by Crippen LogP contribution is 2.25. The van der Waals surface area contributed by atoms with Crippen molar-refractivity contribution in [1.82, 2.24) is 10.2 Å². The number of rotatable bonds is 2. The minimum Gasteiger partial charge on any atom is -0.382 e. The first kappa shape index (κ1) is 12.3. The summed E-state index contributed by atoms with van der Waals surface area (Å²) in [7, 11) is 0. The molecule has 4 nitrogen and oxygen atoms in total. The molecule has 92 valence electrons. The topological polar surface area (TPSA) is 61.6 Å². The van der Waals surface area contributed by atoms with Crippen molar-refractivity contribution >= 4 is 16.6 Å². The first-order valence-corrected chi connectivity index (χ1v) is 5.91. The molecule has 18 heavy (non-hydrogen) atoms. The lowest BCUT2D eigenvalue weighted by atomic mass is 9.96. The highest BCUT2D eigenvalue weighted by atomic mass is 15.1. The Kier molecular flexibility index (Phi) is 3.15. The Morgan fingerprint density at radius 1 is 1.22 bits per heavy atom. The second kappa shape index (κ2) is 4.61. The lowest BCUT2D eigenvalue weighted by Crippen LogP contribution is -2.20. The Hall–Kier alpha value is -2.15. The Morgan fingerprint density at radius 2 is 1.94 bits per heavy atom. The quantitative estimate of drug-likeness (QED) is 0.876. The number of benzene rings is 1. The van der Waals surface area contributed by atoms with Gasteiger partial charge in [0.1, 0.15) is 6.07 Å². The molecule has 0 aliphatic heterocycles. The largest absolute Gasteiger partial charge is 0.382 e. The summed E-state index contributed by atoms with van der Waals surface area (Å²) in [6.45, 7) is 7.20. The van der Waals surface area contributed by atoms with E-state index in [0.29, 0.717) is 5.69 Å². The van der Waals surface area contributed by atoms with Gasteiger partial charge in [-0.2, -0.15) is 5.26 Å². The molecule has 1 heterocycles. The molecule has 0 radical (unpaired) electrons. The maximum atomic E-state index is 9.11. The van der Waals surface area contributed by atoms with Gasteiger partial charge in [0.25, 0.3) is 0 Å². The molecule has 2 rings (SSSR count). The maximum absolute atomic E-state index is 9.11. The third-order valence-corrected chi connectivity index (χ3v) is 2.57. The van der Waals surface area contributed by atoms with E-state index in [1.54, 1.807) is 0 Å². The third kappa shape index (κ3) is 2.57. The number of aromatic nitrogens is 2. The summed E-state index contributed by atoms with van der Waals surface area (Å²) in [6.07, 6.45) is 0. The minimum atomic E-state index is 0.136. The van der Waals surface area contributed by atoms with Crippen LogP contribution in [0, 0.1) is 16.7 Å². The second-order valence-corrected chi connectivity index (χ2v) is 5.47. The number of anilines is 1. The van der Waals surface area contributed by atoms with Crippen LogP contribution in [-0.2, 0) is 0 Å². The molecule has 0 aliphatic carbocycles. The zero-order valence-electron chi connectivity index (χ0n) is 10.9. The SMILES string of the molecule is CC(C)(C)CNc1c(C#N)nnc2ccccc12. The van der Waals surface area contributed by atoms with E-state index < -0.39 is 0 Å². The normalized spacial score (nSPS) is 11.2. The maximum Gasteiger partial charge on any atom is 0.186 e. The predicted octanol–water partition coefficient (Wildman–Crippen LogP) is 2.96. The molecular formula is C14H16N4. The first-order valence-electron chi connectivity index (χ1n) is 5.91. The van der Waals surface area contributed by atoms with E-state index in [4.69, 9.17) is 5.26 Å². The van der Waals surface area contributed by atoms with Crippen molar-refractivity contribution in [3.8, 4) is 6.07 Å². The monoisotopic (exact) mass is 240 g/mol. The van der Waals surface area contributed by atoms with Gasteiger partial charge in [0.15, 0.2) is 5.69 Å². The molecule has 0 saturated carbocycles. The highest BCUT2D eigenvalue weighted by Gasteiger charge is 2.14. The Labute approximate surface area is 107 Å². The molecule has 0 unspecified atom stereocenters. The van der Waals surface area contributed by atoms with Crippen LogP contribution in [0.4, 0.5) is 5.69 Å². The fraction of sp³-hybridized carbons (Fsp3) is 0.357. The Bertz CT molecular complexity index is 605. The van der Waals surface area contributed by atoms with Crippen molar-refractivity contribution < 1.29 is 0 Å². The van der Waals surface area contributed by atoms with Crippen LogP contribution < -0.4 is 5.32 Å². The van der Waals surface area contributed by atoms with Crippen molar-refractivity contribution in [3.05, 3.63) is 30.0 Å². The van der Waals surface area contributed by atoms with Crippen LogP contribution in [0.3, 0.4) is 0 Å². The molecular weight excluding hydrogens is 224 g/mol. The lowest BCUT2D eigenvalue weighted by molar-refractivity contribution is 0.443. The van der Waals surface area contributed by atoms with Gasteiger partial charge in [0, 0.05) is 11.9 Å².